The third-order valence-electron chi connectivity index (χ3n) is 4.41. The average Bonchev–Trinajstić information content (AvgIpc) is 2.65. The van der Waals surface area contributed by atoms with E-state index >= 15 is 0 Å². The Morgan fingerprint density at radius 3 is 2.85 bits per heavy atom. The van der Waals surface area contributed by atoms with Crippen LogP contribution >= 0.6 is 0 Å². The minimum absolute atomic E-state index is 0.0559. The van der Waals surface area contributed by atoms with Crippen molar-refractivity contribution in [3.8, 4) is 11.5 Å². The number of carbonyl (C=O) groups is 1. The van der Waals surface area contributed by atoms with Gasteiger partial charge in [0.1, 0.15) is 11.5 Å². The minimum Gasteiger partial charge on any atom is -0.493 e. The summed E-state index contributed by atoms with van der Waals surface area (Å²) in [7, 11) is -3.70. The van der Waals surface area contributed by atoms with Crippen LogP contribution in [0.2, 0.25) is 0 Å². The Hall–Kier alpha value is -2.58. The van der Waals surface area contributed by atoms with Crippen LogP contribution in [0.25, 0.3) is 0 Å². The van der Waals surface area contributed by atoms with Gasteiger partial charge in [0.25, 0.3) is 5.91 Å². The number of nitrogens with one attached hydrogen (secondary N) is 2. The maximum absolute atomic E-state index is 12.6. The smallest absolute Gasteiger partial charge is 0.262 e. The van der Waals surface area contributed by atoms with Crippen molar-refractivity contribution in [2.24, 2.45) is 5.92 Å². The van der Waals surface area contributed by atoms with Gasteiger partial charge in [-0.05, 0) is 36.2 Å². The number of fused-ring (bicyclic) bond motifs is 2. The van der Waals surface area contributed by atoms with Gasteiger partial charge in [0.2, 0.25) is 10.0 Å². The highest BCUT2D eigenvalue weighted by Gasteiger charge is 2.24. The molecule has 0 radical (unpaired) electrons. The van der Waals surface area contributed by atoms with Gasteiger partial charge in [-0.15, -0.1) is 0 Å². The lowest BCUT2D eigenvalue weighted by molar-refractivity contribution is -0.118. The Bertz CT molecular complexity index is 958. The molecule has 2 aromatic carbocycles. The molecule has 2 heterocycles. The first-order chi connectivity index (χ1) is 12.5. The first kappa shape index (κ1) is 16.9. The van der Waals surface area contributed by atoms with Crippen LogP contribution in [0.3, 0.4) is 0 Å². The summed E-state index contributed by atoms with van der Waals surface area (Å²) < 4.78 is 38.7. The van der Waals surface area contributed by atoms with E-state index < -0.39 is 10.0 Å². The van der Waals surface area contributed by atoms with E-state index in [1.807, 2.05) is 24.3 Å². The van der Waals surface area contributed by atoms with E-state index in [2.05, 4.69) is 10.0 Å². The molecule has 0 unspecified atom stereocenters. The van der Waals surface area contributed by atoms with Crippen LogP contribution in [0.4, 0.5) is 5.69 Å². The van der Waals surface area contributed by atoms with E-state index in [9.17, 15) is 13.2 Å². The van der Waals surface area contributed by atoms with E-state index in [1.165, 1.54) is 12.1 Å². The number of hydrogen-bond acceptors (Lipinski definition) is 5. The summed E-state index contributed by atoms with van der Waals surface area (Å²) in [5, 5.41) is 2.61. The number of para-hydroxylation sites is 1. The fourth-order valence-electron chi connectivity index (χ4n) is 3.06. The molecule has 0 bridgehead atoms. The van der Waals surface area contributed by atoms with Crippen LogP contribution in [-0.2, 0) is 21.2 Å². The molecular weight excluding hydrogens is 356 g/mol. The molecule has 0 saturated heterocycles. The summed E-state index contributed by atoms with van der Waals surface area (Å²) in [6, 6.07) is 12.2. The lowest BCUT2D eigenvalue weighted by atomic mass is 9.97. The Morgan fingerprint density at radius 1 is 1.12 bits per heavy atom. The molecule has 136 valence electrons. The van der Waals surface area contributed by atoms with Gasteiger partial charge in [-0.25, -0.2) is 13.1 Å². The number of anilines is 1. The number of rotatable bonds is 4. The Kier molecular flexibility index (Phi) is 4.29. The van der Waals surface area contributed by atoms with Gasteiger partial charge in [-0.2, -0.15) is 0 Å². The molecule has 0 aromatic heterocycles. The van der Waals surface area contributed by atoms with Gasteiger partial charge in [-0.1, -0.05) is 18.2 Å². The predicted octanol–water partition coefficient (Wildman–Crippen LogP) is 1.55. The van der Waals surface area contributed by atoms with Gasteiger partial charge in [0, 0.05) is 12.5 Å². The molecule has 8 heteroatoms. The normalized spacial score (nSPS) is 18.8. The molecule has 2 aliphatic rings. The van der Waals surface area contributed by atoms with Crippen LogP contribution in [0.5, 0.6) is 11.5 Å². The van der Waals surface area contributed by atoms with Gasteiger partial charge in [0.05, 0.1) is 17.2 Å². The Balaban J connectivity index is 1.45. The number of ether oxygens (including phenoxy) is 2. The average molecular weight is 374 g/mol. The molecule has 7 nitrogen and oxygen atoms in total. The largest absolute Gasteiger partial charge is 0.493 e. The fourth-order valence-corrected chi connectivity index (χ4v) is 4.20. The summed E-state index contributed by atoms with van der Waals surface area (Å²) in [6.45, 7) is 0.671. The van der Waals surface area contributed by atoms with Crippen LogP contribution in [0, 0.1) is 5.92 Å². The molecule has 0 spiro atoms. The van der Waals surface area contributed by atoms with Crippen molar-refractivity contribution in [2.75, 3.05) is 25.1 Å². The number of carbonyl (C=O) groups excluding carboxylic acids is 1. The van der Waals surface area contributed by atoms with Crippen LogP contribution in [0.1, 0.15) is 5.56 Å². The zero-order valence-electron chi connectivity index (χ0n) is 13.9. The summed E-state index contributed by atoms with van der Waals surface area (Å²) >= 11 is 0. The molecule has 0 saturated carbocycles. The standard InChI is InChI=1S/C18H18N2O5S/c21-18-11-25-17-6-5-14(8-15(17)20-18)26(22,23)19-9-12-7-13-3-1-2-4-16(13)24-10-12/h1-6,8,12,19H,7,9-11H2,(H,20,21)/t12-/m1/s1. The lowest BCUT2D eigenvalue weighted by Crippen LogP contribution is -2.35. The van der Waals surface area contributed by atoms with Crippen LogP contribution in [-0.4, -0.2) is 34.1 Å². The number of sulfonamides is 1. The molecular formula is C18H18N2O5S. The highest BCUT2D eigenvalue weighted by molar-refractivity contribution is 7.89. The Morgan fingerprint density at radius 2 is 1.96 bits per heavy atom. The molecule has 2 aliphatic heterocycles. The van der Waals surface area contributed by atoms with E-state index in [-0.39, 0.29) is 29.9 Å². The topological polar surface area (TPSA) is 93.7 Å². The van der Waals surface area contributed by atoms with Gasteiger partial charge in [-0.3, -0.25) is 4.79 Å². The van der Waals surface area contributed by atoms with E-state index in [4.69, 9.17) is 9.47 Å². The van der Waals surface area contributed by atoms with Crippen molar-refractivity contribution in [1.29, 1.82) is 0 Å². The second kappa shape index (κ2) is 6.62. The summed E-state index contributed by atoms with van der Waals surface area (Å²) in [5.41, 5.74) is 1.44. The number of benzene rings is 2. The second-order valence-corrected chi connectivity index (χ2v) is 8.10. The summed E-state index contributed by atoms with van der Waals surface area (Å²) in [6.07, 6.45) is 0.757. The van der Waals surface area contributed by atoms with Gasteiger partial charge < -0.3 is 14.8 Å². The van der Waals surface area contributed by atoms with Gasteiger partial charge in [0.15, 0.2) is 6.61 Å². The predicted molar refractivity (Wildman–Crippen MR) is 94.9 cm³/mol. The third-order valence-corrected chi connectivity index (χ3v) is 5.83. The maximum Gasteiger partial charge on any atom is 0.262 e. The second-order valence-electron chi connectivity index (χ2n) is 6.34. The van der Waals surface area contributed by atoms with Gasteiger partial charge >= 0.3 is 0 Å². The summed E-state index contributed by atoms with van der Waals surface area (Å²) in [5.74, 6) is 1.07. The Labute approximate surface area is 151 Å². The third kappa shape index (κ3) is 3.38. The van der Waals surface area contributed by atoms with E-state index in [0.717, 1.165) is 17.7 Å². The maximum atomic E-state index is 12.6. The van der Waals surface area contributed by atoms with Crippen molar-refractivity contribution < 1.29 is 22.7 Å². The molecule has 1 amide bonds. The SMILES string of the molecule is O=C1COc2ccc(S(=O)(=O)NC[C@@H]3COc4ccccc4C3)cc2N1. The number of hydrogen-bond donors (Lipinski definition) is 2. The molecule has 0 fully saturated rings. The van der Waals surface area contributed by atoms with Crippen molar-refractivity contribution in [2.45, 2.75) is 11.3 Å². The number of amides is 1. The van der Waals surface area contributed by atoms with Crippen molar-refractivity contribution in [1.82, 2.24) is 4.72 Å². The first-order valence-corrected chi connectivity index (χ1v) is 9.77. The van der Waals surface area contributed by atoms with E-state index in [0.29, 0.717) is 18.0 Å². The quantitative estimate of drug-likeness (QED) is 0.847. The highest BCUT2D eigenvalue weighted by Crippen LogP contribution is 2.30. The molecule has 26 heavy (non-hydrogen) atoms. The first-order valence-electron chi connectivity index (χ1n) is 8.28. The van der Waals surface area contributed by atoms with Crippen molar-refractivity contribution in [3.05, 3.63) is 48.0 Å². The van der Waals surface area contributed by atoms with E-state index in [1.54, 1.807) is 6.07 Å². The zero-order chi connectivity index (χ0) is 18.1. The van der Waals surface area contributed by atoms with Crippen molar-refractivity contribution >= 4 is 21.6 Å². The fraction of sp³-hybridized carbons (Fsp3) is 0.278. The zero-order valence-corrected chi connectivity index (χ0v) is 14.7. The molecule has 2 aromatic rings. The van der Waals surface area contributed by atoms with Crippen molar-refractivity contribution in [3.63, 3.8) is 0 Å². The lowest BCUT2D eigenvalue weighted by Gasteiger charge is -2.25. The monoisotopic (exact) mass is 374 g/mol. The van der Waals surface area contributed by atoms with Crippen LogP contribution in [0.15, 0.2) is 47.4 Å². The van der Waals surface area contributed by atoms with Crippen LogP contribution < -0.4 is 19.5 Å². The highest BCUT2D eigenvalue weighted by atomic mass is 32.2. The minimum atomic E-state index is -3.70. The molecule has 2 N–H and O–H groups in total. The molecule has 0 aliphatic carbocycles. The molecule has 1 atom stereocenters. The summed E-state index contributed by atoms with van der Waals surface area (Å²) in [4.78, 5) is 11.5. The molecule has 4 rings (SSSR count).